The van der Waals surface area contributed by atoms with Crippen molar-refractivity contribution in [3.8, 4) is 11.5 Å². The predicted octanol–water partition coefficient (Wildman–Crippen LogP) is 4.32. The molecule has 0 aliphatic carbocycles. The van der Waals surface area contributed by atoms with Crippen LogP contribution in [0.4, 0.5) is 10.1 Å². The predicted molar refractivity (Wildman–Crippen MR) is 122 cm³/mol. The van der Waals surface area contributed by atoms with Crippen molar-refractivity contribution in [3.63, 3.8) is 0 Å². The molecule has 8 nitrogen and oxygen atoms in total. The first-order chi connectivity index (χ1) is 15.4. The van der Waals surface area contributed by atoms with Gasteiger partial charge in [-0.3, -0.25) is 10.2 Å². The van der Waals surface area contributed by atoms with Crippen LogP contribution >= 0.6 is 0 Å². The van der Waals surface area contributed by atoms with Gasteiger partial charge in [0.15, 0.2) is 0 Å². The second kappa shape index (κ2) is 10.4. The number of hydrazone groups is 1. The van der Waals surface area contributed by atoms with Crippen molar-refractivity contribution in [2.75, 3.05) is 12.0 Å². The van der Waals surface area contributed by atoms with Gasteiger partial charge >= 0.3 is 0 Å². The number of carbonyl (C=O) groups is 1. The van der Waals surface area contributed by atoms with E-state index in [1.807, 2.05) is 26.8 Å². The molecule has 1 amide bonds. The maximum absolute atomic E-state index is 13.4. The molecule has 2 aromatic carbocycles. The molecule has 0 fully saturated rings. The molecule has 0 unspecified atom stereocenters. The van der Waals surface area contributed by atoms with Crippen molar-refractivity contribution >= 4 is 24.0 Å². The fourth-order valence-corrected chi connectivity index (χ4v) is 3.29. The lowest BCUT2D eigenvalue weighted by Gasteiger charge is -2.28. The first kappa shape index (κ1) is 22.8. The molecule has 3 aromatic rings. The Morgan fingerprint density at radius 2 is 2.03 bits per heavy atom. The molecule has 1 heterocycles. The highest BCUT2D eigenvalue weighted by Gasteiger charge is 2.24. The Kier molecular flexibility index (Phi) is 7.43. The fourth-order valence-electron chi connectivity index (χ4n) is 3.29. The number of aryl methyl sites for hydroxylation is 1. The summed E-state index contributed by atoms with van der Waals surface area (Å²) in [6.45, 7) is 6.22. The van der Waals surface area contributed by atoms with Gasteiger partial charge in [0.25, 0.3) is 5.91 Å². The number of rotatable bonds is 9. The summed E-state index contributed by atoms with van der Waals surface area (Å²) in [5.74, 6) is 0.194. The number of benzene rings is 2. The van der Waals surface area contributed by atoms with Crippen LogP contribution < -0.4 is 5.43 Å². The number of likely N-dealkylation sites (N-methyl/N-ethyl adjacent to an activating group) is 1. The number of amides is 1. The number of halogens is 1. The molecular formula is C23H25FN6O2. The topological polar surface area (TPSA) is 107 Å². The van der Waals surface area contributed by atoms with Gasteiger partial charge in [0.05, 0.1) is 17.5 Å². The molecule has 32 heavy (non-hydrogen) atoms. The first-order valence-electron chi connectivity index (χ1n) is 10.2. The smallest absolute Gasteiger partial charge is 0.256 e. The highest BCUT2D eigenvalue weighted by atomic mass is 19.1. The Labute approximate surface area is 185 Å². The minimum absolute atomic E-state index is 0.158. The number of nitrogens with zero attached hydrogens (tertiary/aromatic N) is 4. The van der Waals surface area contributed by atoms with Gasteiger partial charge in [0.1, 0.15) is 5.82 Å². The minimum Gasteiger partial charge on any atom is -0.421 e. The van der Waals surface area contributed by atoms with Crippen LogP contribution in [0.25, 0.3) is 11.5 Å². The van der Waals surface area contributed by atoms with E-state index < -0.39 is 0 Å². The Morgan fingerprint density at radius 1 is 1.28 bits per heavy atom. The largest absolute Gasteiger partial charge is 0.421 e. The maximum atomic E-state index is 13.4. The van der Waals surface area contributed by atoms with E-state index in [0.29, 0.717) is 41.6 Å². The van der Waals surface area contributed by atoms with Crippen LogP contribution in [0.5, 0.6) is 0 Å². The van der Waals surface area contributed by atoms with Crippen LogP contribution in [-0.4, -0.2) is 46.0 Å². The molecular weight excluding hydrogens is 411 g/mol. The SMILES string of the molecule is CCN(C(=O)c1cc(C)ccc1N/N=C\C=N)[C@@H](C)Cc1nnc(-c2ccc(F)cc2)o1. The van der Waals surface area contributed by atoms with Gasteiger partial charge in [-0.1, -0.05) is 11.6 Å². The van der Waals surface area contributed by atoms with Crippen LogP contribution in [0, 0.1) is 18.2 Å². The average molecular weight is 436 g/mol. The summed E-state index contributed by atoms with van der Waals surface area (Å²) in [5, 5.41) is 19.1. The lowest BCUT2D eigenvalue weighted by atomic mass is 10.1. The zero-order valence-corrected chi connectivity index (χ0v) is 18.2. The Balaban J connectivity index is 1.77. The fraction of sp³-hybridized carbons (Fsp3) is 0.261. The lowest BCUT2D eigenvalue weighted by Crippen LogP contribution is -2.40. The van der Waals surface area contributed by atoms with Crippen LogP contribution in [0.3, 0.4) is 0 Å². The third kappa shape index (κ3) is 5.42. The Bertz CT molecular complexity index is 1110. The van der Waals surface area contributed by atoms with Crippen molar-refractivity contribution in [1.82, 2.24) is 15.1 Å². The molecule has 0 saturated carbocycles. The molecule has 0 aliphatic heterocycles. The summed E-state index contributed by atoms with van der Waals surface area (Å²) in [5.41, 5.74) is 5.43. The van der Waals surface area contributed by atoms with Crippen LogP contribution in [0.2, 0.25) is 0 Å². The van der Waals surface area contributed by atoms with Crippen molar-refractivity contribution in [2.24, 2.45) is 5.10 Å². The van der Waals surface area contributed by atoms with Gasteiger partial charge in [-0.15, -0.1) is 10.2 Å². The summed E-state index contributed by atoms with van der Waals surface area (Å²) in [7, 11) is 0. The molecule has 0 aliphatic rings. The van der Waals surface area contributed by atoms with E-state index in [0.717, 1.165) is 11.8 Å². The number of anilines is 1. The number of carbonyl (C=O) groups excluding carboxylic acids is 1. The first-order valence-corrected chi connectivity index (χ1v) is 10.2. The van der Waals surface area contributed by atoms with Crippen molar-refractivity contribution in [1.29, 1.82) is 5.41 Å². The second-order valence-electron chi connectivity index (χ2n) is 7.26. The summed E-state index contributed by atoms with van der Waals surface area (Å²) < 4.78 is 18.9. The molecule has 2 N–H and O–H groups in total. The van der Waals surface area contributed by atoms with Crippen molar-refractivity contribution in [3.05, 3.63) is 65.3 Å². The van der Waals surface area contributed by atoms with Gasteiger partial charge in [-0.2, -0.15) is 5.10 Å². The zero-order chi connectivity index (χ0) is 23.1. The Hall–Kier alpha value is -3.88. The van der Waals surface area contributed by atoms with Crippen LogP contribution in [0.1, 0.15) is 35.7 Å². The van der Waals surface area contributed by atoms with Gasteiger partial charge in [-0.25, -0.2) is 4.39 Å². The molecule has 1 aromatic heterocycles. The highest BCUT2D eigenvalue weighted by Crippen LogP contribution is 2.23. The summed E-state index contributed by atoms with van der Waals surface area (Å²) in [4.78, 5) is 15.1. The number of hydrogen-bond donors (Lipinski definition) is 2. The number of nitrogens with one attached hydrogen (secondary N) is 2. The molecule has 0 spiro atoms. The second-order valence-corrected chi connectivity index (χ2v) is 7.26. The Morgan fingerprint density at radius 3 is 2.72 bits per heavy atom. The van der Waals surface area contributed by atoms with Crippen LogP contribution in [-0.2, 0) is 6.42 Å². The minimum atomic E-state index is -0.340. The highest BCUT2D eigenvalue weighted by molar-refractivity contribution is 6.14. The zero-order valence-electron chi connectivity index (χ0n) is 18.2. The van der Waals surface area contributed by atoms with Crippen molar-refractivity contribution in [2.45, 2.75) is 33.2 Å². The van der Waals surface area contributed by atoms with E-state index in [2.05, 4.69) is 20.7 Å². The molecule has 0 radical (unpaired) electrons. The van der Waals surface area contributed by atoms with E-state index >= 15 is 0 Å². The van der Waals surface area contributed by atoms with E-state index in [1.165, 1.54) is 18.3 Å². The quantitative estimate of drug-likeness (QED) is 0.384. The van der Waals surface area contributed by atoms with Crippen LogP contribution in [0.15, 0.2) is 52.0 Å². The molecule has 3 rings (SSSR count). The number of hydrogen-bond acceptors (Lipinski definition) is 7. The van der Waals surface area contributed by atoms with E-state index in [4.69, 9.17) is 9.83 Å². The molecule has 9 heteroatoms. The number of aromatic nitrogens is 2. The molecule has 1 atom stereocenters. The summed E-state index contributed by atoms with van der Waals surface area (Å²) in [6.07, 6.45) is 2.71. The maximum Gasteiger partial charge on any atom is 0.256 e. The van der Waals surface area contributed by atoms with Gasteiger partial charge in [0, 0.05) is 30.8 Å². The van der Waals surface area contributed by atoms with E-state index in [-0.39, 0.29) is 17.8 Å². The normalized spacial score (nSPS) is 12.0. The molecule has 0 bridgehead atoms. The van der Waals surface area contributed by atoms with Gasteiger partial charge in [-0.05, 0) is 57.2 Å². The molecule has 166 valence electrons. The summed E-state index contributed by atoms with van der Waals surface area (Å²) in [6, 6.07) is 11.1. The lowest BCUT2D eigenvalue weighted by molar-refractivity contribution is 0.0699. The monoisotopic (exact) mass is 436 g/mol. The van der Waals surface area contributed by atoms with E-state index in [9.17, 15) is 9.18 Å². The summed E-state index contributed by atoms with van der Waals surface area (Å²) >= 11 is 0. The third-order valence-corrected chi connectivity index (χ3v) is 4.90. The van der Waals surface area contributed by atoms with Crippen molar-refractivity contribution < 1.29 is 13.6 Å². The molecule has 0 saturated heterocycles. The van der Waals surface area contributed by atoms with Gasteiger partial charge in [0.2, 0.25) is 11.8 Å². The standard InChI is InChI=1S/C23H25FN6O2/c1-4-30(23(31)19-13-15(2)5-10-20(19)27-26-12-11-25)16(3)14-21-28-29-22(32-21)17-6-8-18(24)9-7-17/h5-13,16,25,27H,4,14H2,1-3H3/b25-11?,26-12-/t16-/m0/s1. The average Bonchev–Trinajstić information content (AvgIpc) is 3.24. The van der Waals surface area contributed by atoms with E-state index in [1.54, 1.807) is 29.2 Å². The third-order valence-electron chi connectivity index (χ3n) is 4.90. The van der Waals surface area contributed by atoms with Gasteiger partial charge < -0.3 is 14.7 Å².